The Balaban J connectivity index is 2.17. The molecule has 0 aliphatic heterocycles. The van der Waals surface area contributed by atoms with Crippen molar-refractivity contribution in [3.05, 3.63) is 54.4 Å². The minimum Gasteiger partial charge on any atom is -0.332 e. The highest BCUT2D eigenvalue weighted by Crippen LogP contribution is 2.17. The number of nitrogens with zero attached hydrogens (tertiary/aromatic N) is 2. The molecule has 1 heterocycles. The molecule has 0 unspecified atom stereocenters. The van der Waals surface area contributed by atoms with Gasteiger partial charge in [0.05, 0.1) is 11.9 Å². The maximum absolute atomic E-state index is 5.49. The van der Waals surface area contributed by atoms with E-state index in [0.29, 0.717) is 5.11 Å². The average molecular weight is 271 g/mol. The molecule has 4 heteroatoms. The van der Waals surface area contributed by atoms with E-state index in [0.717, 1.165) is 17.9 Å². The molecule has 1 aromatic heterocycles. The summed E-state index contributed by atoms with van der Waals surface area (Å²) in [4.78, 5) is 6.15. The molecule has 0 saturated carbocycles. The van der Waals surface area contributed by atoms with Gasteiger partial charge in [-0.3, -0.25) is 4.98 Å². The lowest BCUT2D eigenvalue weighted by molar-refractivity contribution is 1.05. The molecule has 0 atom stereocenters. The molecule has 0 fully saturated rings. The summed E-state index contributed by atoms with van der Waals surface area (Å²) < 4.78 is 0. The number of aromatic nitrogens is 1. The van der Waals surface area contributed by atoms with Gasteiger partial charge in [0.15, 0.2) is 5.11 Å². The normalized spacial score (nSPS) is 10.0. The van der Waals surface area contributed by atoms with Gasteiger partial charge in [-0.1, -0.05) is 18.2 Å². The second kappa shape index (κ2) is 6.29. The number of pyridine rings is 1. The second-order valence-electron chi connectivity index (χ2n) is 4.20. The van der Waals surface area contributed by atoms with E-state index in [1.165, 1.54) is 5.56 Å². The molecule has 0 spiro atoms. The fraction of sp³-hybridized carbons (Fsp3) is 0.200. The number of nitrogens with one attached hydrogen (secondary N) is 1. The Bertz CT molecular complexity index is 554. The van der Waals surface area contributed by atoms with Crippen molar-refractivity contribution in [1.29, 1.82) is 0 Å². The van der Waals surface area contributed by atoms with Crippen LogP contribution in [0.4, 0.5) is 11.4 Å². The monoisotopic (exact) mass is 271 g/mol. The highest BCUT2D eigenvalue weighted by molar-refractivity contribution is 7.80. The maximum atomic E-state index is 5.49. The highest BCUT2D eigenvalue weighted by Gasteiger charge is 2.10. The Kier molecular flexibility index (Phi) is 4.47. The molecule has 3 nitrogen and oxygen atoms in total. The maximum Gasteiger partial charge on any atom is 0.177 e. The molecule has 2 aromatic rings. The lowest BCUT2D eigenvalue weighted by atomic mass is 10.2. The number of benzene rings is 1. The summed E-state index contributed by atoms with van der Waals surface area (Å²) in [6.45, 7) is 4.92. The van der Waals surface area contributed by atoms with Crippen molar-refractivity contribution in [2.45, 2.75) is 13.8 Å². The molecular formula is C15H17N3S. The van der Waals surface area contributed by atoms with Gasteiger partial charge >= 0.3 is 0 Å². The number of hydrogen-bond acceptors (Lipinski definition) is 2. The van der Waals surface area contributed by atoms with Crippen molar-refractivity contribution >= 4 is 28.7 Å². The third-order valence-corrected chi connectivity index (χ3v) is 3.23. The van der Waals surface area contributed by atoms with Gasteiger partial charge in [-0.2, -0.15) is 0 Å². The smallest absolute Gasteiger partial charge is 0.177 e. The molecular weight excluding hydrogens is 254 g/mol. The van der Waals surface area contributed by atoms with Crippen molar-refractivity contribution in [1.82, 2.24) is 4.98 Å². The van der Waals surface area contributed by atoms with Crippen LogP contribution in [0.2, 0.25) is 0 Å². The van der Waals surface area contributed by atoms with Gasteiger partial charge in [-0.15, -0.1) is 0 Å². The zero-order valence-corrected chi connectivity index (χ0v) is 11.9. The minimum absolute atomic E-state index is 0.685. The minimum atomic E-state index is 0.685. The van der Waals surface area contributed by atoms with Crippen LogP contribution in [0.25, 0.3) is 0 Å². The first-order chi connectivity index (χ1) is 9.22. The number of hydrogen-bond donors (Lipinski definition) is 1. The van der Waals surface area contributed by atoms with E-state index in [1.54, 1.807) is 6.20 Å². The standard InChI is InChI=1S/C15H17N3S/c1-3-18(13-8-6-10-16-11-13)15(19)17-14-9-5-4-7-12(14)2/h4-11H,3H2,1-2H3,(H,17,19). The van der Waals surface area contributed by atoms with Crippen LogP contribution in [-0.2, 0) is 0 Å². The van der Waals surface area contributed by atoms with Crippen molar-refractivity contribution in [3.63, 3.8) is 0 Å². The first-order valence-corrected chi connectivity index (χ1v) is 6.67. The lowest BCUT2D eigenvalue weighted by Gasteiger charge is -2.24. The average Bonchev–Trinajstić information content (AvgIpc) is 2.43. The summed E-state index contributed by atoms with van der Waals surface area (Å²) >= 11 is 5.49. The van der Waals surface area contributed by atoms with Crippen LogP contribution in [-0.4, -0.2) is 16.6 Å². The lowest BCUT2D eigenvalue weighted by Crippen LogP contribution is -2.34. The Morgan fingerprint density at radius 2 is 2.05 bits per heavy atom. The van der Waals surface area contributed by atoms with Crippen LogP contribution in [0.15, 0.2) is 48.8 Å². The van der Waals surface area contributed by atoms with E-state index in [1.807, 2.05) is 41.4 Å². The Hall–Kier alpha value is -1.94. The molecule has 19 heavy (non-hydrogen) atoms. The van der Waals surface area contributed by atoms with Gasteiger partial charge in [0.25, 0.3) is 0 Å². The molecule has 2 rings (SSSR count). The van der Waals surface area contributed by atoms with Gasteiger partial charge in [0, 0.05) is 18.4 Å². The van der Waals surface area contributed by atoms with Gasteiger partial charge in [-0.05, 0) is 49.8 Å². The fourth-order valence-corrected chi connectivity index (χ4v) is 2.20. The number of rotatable bonds is 3. The van der Waals surface area contributed by atoms with Gasteiger partial charge in [0.1, 0.15) is 0 Å². The quantitative estimate of drug-likeness (QED) is 0.863. The zero-order chi connectivity index (χ0) is 13.7. The Morgan fingerprint density at radius 3 is 2.68 bits per heavy atom. The summed E-state index contributed by atoms with van der Waals surface area (Å²) in [6.07, 6.45) is 3.57. The summed E-state index contributed by atoms with van der Waals surface area (Å²) in [6, 6.07) is 12.0. The first-order valence-electron chi connectivity index (χ1n) is 6.26. The molecule has 0 aliphatic carbocycles. The predicted molar refractivity (Wildman–Crippen MR) is 84.7 cm³/mol. The van der Waals surface area contributed by atoms with Gasteiger partial charge in [0.2, 0.25) is 0 Å². The van der Waals surface area contributed by atoms with Crippen molar-refractivity contribution < 1.29 is 0 Å². The fourth-order valence-electron chi connectivity index (χ4n) is 1.85. The molecule has 1 aromatic carbocycles. The Morgan fingerprint density at radius 1 is 1.26 bits per heavy atom. The number of thiocarbonyl (C=S) groups is 1. The summed E-state index contributed by atoms with van der Waals surface area (Å²) in [7, 11) is 0. The highest BCUT2D eigenvalue weighted by atomic mass is 32.1. The first kappa shape index (κ1) is 13.5. The van der Waals surface area contributed by atoms with Crippen LogP contribution >= 0.6 is 12.2 Å². The van der Waals surface area contributed by atoms with Crippen LogP contribution in [0.3, 0.4) is 0 Å². The van der Waals surface area contributed by atoms with Crippen LogP contribution in [0, 0.1) is 6.92 Å². The molecule has 0 amide bonds. The van der Waals surface area contributed by atoms with E-state index in [9.17, 15) is 0 Å². The van der Waals surface area contributed by atoms with Crippen LogP contribution < -0.4 is 10.2 Å². The summed E-state index contributed by atoms with van der Waals surface area (Å²) in [5.41, 5.74) is 3.21. The molecule has 0 radical (unpaired) electrons. The van der Waals surface area contributed by atoms with Crippen molar-refractivity contribution in [2.24, 2.45) is 0 Å². The number of para-hydroxylation sites is 1. The van der Waals surface area contributed by atoms with E-state index < -0.39 is 0 Å². The van der Waals surface area contributed by atoms with Gasteiger partial charge in [-0.25, -0.2) is 0 Å². The van der Waals surface area contributed by atoms with E-state index >= 15 is 0 Å². The second-order valence-corrected chi connectivity index (χ2v) is 4.59. The third-order valence-electron chi connectivity index (χ3n) is 2.91. The zero-order valence-electron chi connectivity index (χ0n) is 11.1. The summed E-state index contributed by atoms with van der Waals surface area (Å²) in [5, 5.41) is 3.97. The molecule has 98 valence electrons. The SMILES string of the molecule is CCN(C(=S)Nc1ccccc1C)c1cccnc1. The van der Waals surface area contributed by atoms with Gasteiger partial charge < -0.3 is 10.2 Å². The molecule has 0 aliphatic rings. The third kappa shape index (κ3) is 3.29. The number of aryl methyl sites for hydroxylation is 1. The molecule has 0 saturated heterocycles. The Labute approximate surface area is 119 Å². The van der Waals surface area contributed by atoms with Crippen molar-refractivity contribution in [3.8, 4) is 0 Å². The number of anilines is 2. The topological polar surface area (TPSA) is 28.2 Å². The van der Waals surface area contributed by atoms with Crippen LogP contribution in [0.5, 0.6) is 0 Å². The summed E-state index contributed by atoms with van der Waals surface area (Å²) in [5.74, 6) is 0. The molecule has 1 N–H and O–H groups in total. The molecule has 0 bridgehead atoms. The van der Waals surface area contributed by atoms with E-state index in [-0.39, 0.29) is 0 Å². The van der Waals surface area contributed by atoms with Crippen molar-refractivity contribution in [2.75, 3.05) is 16.8 Å². The van der Waals surface area contributed by atoms with Crippen LogP contribution in [0.1, 0.15) is 12.5 Å². The predicted octanol–water partition coefficient (Wildman–Crippen LogP) is 3.61. The largest absolute Gasteiger partial charge is 0.332 e. The van der Waals surface area contributed by atoms with E-state index in [4.69, 9.17) is 12.2 Å². The van der Waals surface area contributed by atoms with E-state index in [2.05, 4.69) is 30.2 Å².